The Labute approximate surface area is 286 Å². The molecule has 3 aromatic rings. The number of halogens is 1. The third kappa shape index (κ3) is 5.84. The number of carbonyl (C=O) groups excluding carboxylic acids is 1. The molecule has 4 aliphatic rings. The van der Waals surface area contributed by atoms with Crippen LogP contribution in [0.15, 0.2) is 48.7 Å². The number of benzene rings is 2. The number of rotatable bonds is 9. The standard InChI is InChI=1S/C38H43ClN2O7/c1-22(21-46-30-10-15-40-29-9-4-6-23(2)33(29)30)16-25-17-24-18-31-32(48-35(47-31)34(42)43)20-28(24)37(25)11-13-38(14-12-37,36(44)45-3)41-27-8-5-7-26(39)19-27/h5,7-8,10,15,18-20,22-23,25,35,41H,4,6,9,11-14,16-17,21H2,1-3H3,(H,42,43)/t22-,23-,25?,35?,37?,38?/m1/s1. The Morgan fingerprint density at radius 1 is 1.12 bits per heavy atom. The SMILES string of the molecule is COC(=O)C1(Nc2cccc(Cl)c2)CCC2(CC1)c1cc3c(cc1CC2C[C@@H](C)COc1ccnc2c1[C@H](C)CCC2)OC(C(=O)O)O3. The van der Waals surface area contributed by atoms with Crippen molar-refractivity contribution in [2.45, 2.75) is 94.8 Å². The molecule has 1 spiro atoms. The van der Waals surface area contributed by atoms with E-state index in [2.05, 4.69) is 24.1 Å². The topological polar surface area (TPSA) is 116 Å². The number of aromatic nitrogens is 1. The summed E-state index contributed by atoms with van der Waals surface area (Å²) in [6, 6.07) is 13.4. The van der Waals surface area contributed by atoms with Crippen LogP contribution in [0.2, 0.25) is 5.02 Å². The zero-order chi connectivity index (χ0) is 33.6. The summed E-state index contributed by atoms with van der Waals surface area (Å²) in [5.74, 6) is 1.39. The minimum Gasteiger partial charge on any atom is -0.493 e. The maximum atomic E-state index is 13.5. The minimum atomic E-state index is -1.35. The van der Waals surface area contributed by atoms with Crippen molar-refractivity contribution in [3.8, 4) is 17.2 Å². The lowest BCUT2D eigenvalue weighted by Crippen LogP contribution is -2.53. The molecule has 2 aromatic carbocycles. The molecule has 1 aliphatic heterocycles. The molecule has 7 rings (SSSR count). The summed E-state index contributed by atoms with van der Waals surface area (Å²) in [5.41, 5.74) is 4.34. The van der Waals surface area contributed by atoms with Crippen LogP contribution in [0.25, 0.3) is 0 Å². The molecular formula is C38H43ClN2O7. The Bertz CT molecular complexity index is 1720. The molecule has 1 fully saturated rings. The fraction of sp³-hybridized carbons (Fsp3) is 0.500. The number of carboxylic acids is 1. The number of anilines is 1. The number of hydrogen-bond donors (Lipinski definition) is 2. The maximum Gasteiger partial charge on any atom is 0.387 e. The number of esters is 1. The van der Waals surface area contributed by atoms with Crippen LogP contribution in [0, 0.1) is 11.8 Å². The van der Waals surface area contributed by atoms with E-state index in [-0.39, 0.29) is 23.2 Å². The first-order valence-electron chi connectivity index (χ1n) is 17.1. The van der Waals surface area contributed by atoms with E-state index in [1.54, 1.807) is 0 Å². The predicted molar refractivity (Wildman–Crippen MR) is 181 cm³/mol. The van der Waals surface area contributed by atoms with E-state index in [1.165, 1.54) is 12.7 Å². The van der Waals surface area contributed by atoms with Crippen LogP contribution in [0.1, 0.15) is 87.1 Å². The third-order valence-corrected chi connectivity index (χ3v) is 11.4. The summed E-state index contributed by atoms with van der Waals surface area (Å²) < 4.78 is 23.3. The number of hydrogen-bond acceptors (Lipinski definition) is 8. The molecule has 254 valence electrons. The van der Waals surface area contributed by atoms with Gasteiger partial charge < -0.3 is 29.4 Å². The van der Waals surface area contributed by atoms with Gasteiger partial charge in [-0.2, -0.15) is 0 Å². The van der Waals surface area contributed by atoms with E-state index >= 15 is 0 Å². The smallest absolute Gasteiger partial charge is 0.387 e. The maximum absolute atomic E-state index is 13.5. The lowest BCUT2D eigenvalue weighted by atomic mass is 9.59. The molecule has 1 saturated carbocycles. The first-order valence-corrected chi connectivity index (χ1v) is 17.4. The van der Waals surface area contributed by atoms with Crippen molar-refractivity contribution in [2.75, 3.05) is 19.0 Å². The van der Waals surface area contributed by atoms with E-state index < -0.39 is 17.8 Å². The number of methoxy groups -OCH3 is 1. The quantitative estimate of drug-likeness (QED) is 0.223. The van der Waals surface area contributed by atoms with Crippen molar-refractivity contribution in [1.82, 2.24) is 4.98 Å². The van der Waals surface area contributed by atoms with Gasteiger partial charge in [-0.1, -0.05) is 31.5 Å². The molecule has 2 N–H and O–H groups in total. The molecule has 1 aromatic heterocycles. The van der Waals surface area contributed by atoms with E-state index in [0.29, 0.717) is 41.9 Å². The van der Waals surface area contributed by atoms with Crippen LogP contribution in [0.4, 0.5) is 5.69 Å². The Morgan fingerprint density at radius 3 is 2.62 bits per heavy atom. The number of carbonyl (C=O) groups is 2. The fourth-order valence-corrected chi connectivity index (χ4v) is 9.03. The second kappa shape index (κ2) is 12.8. The molecule has 0 amide bonds. The van der Waals surface area contributed by atoms with E-state index in [1.807, 2.05) is 48.7 Å². The highest BCUT2D eigenvalue weighted by Crippen LogP contribution is 2.58. The Morgan fingerprint density at radius 2 is 1.90 bits per heavy atom. The van der Waals surface area contributed by atoms with Crippen molar-refractivity contribution in [2.24, 2.45) is 11.8 Å². The highest BCUT2D eigenvalue weighted by atomic mass is 35.5. The zero-order valence-electron chi connectivity index (χ0n) is 27.7. The van der Waals surface area contributed by atoms with Gasteiger partial charge in [0.25, 0.3) is 0 Å². The van der Waals surface area contributed by atoms with Crippen LogP contribution in [-0.4, -0.2) is 47.6 Å². The Hall–Kier alpha value is -3.98. The normalized spacial score (nSPS) is 27.5. The molecule has 10 heteroatoms. The van der Waals surface area contributed by atoms with Gasteiger partial charge in [0.2, 0.25) is 0 Å². The fourth-order valence-electron chi connectivity index (χ4n) is 8.84. The molecular weight excluding hydrogens is 632 g/mol. The molecule has 2 unspecified atom stereocenters. The first-order chi connectivity index (χ1) is 23.1. The zero-order valence-corrected chi connectivity index (χ0v) is 28.5. The number of aliphatic carboxylic acids is 1. The van der Waals surface area contributed by atoms with Gasteiger partial charge in [-0.3, -0.25) is 4.98 Å². The van der Waals surface area contributed by atoms with Crippen LogP contribution < -0.4 is 19.5 Å². The average molecular weight is 675 g/mol. The summed E-state index contributed by atoms with van der Waals surface area (Å²) in [6.45, 7) is 5.11. The third-order valence-electron chi connectivity index (χ3n) is 11.2. The Kier molecular flexibility index (Phi) is 8.69. The molecule has 2 heterocycles. The second-order valence-electron chi connectivity index (χ2n) is 14.2. The lowest BCUT2D eigenvalue weighted by molar-refractivity contribution is -0.154. The molecule has 48 heavy (non-hydrogen) atoms. The van der Waals surface area contributed by atoms with Gasteiger partial charge in [0, 0.05) is 28.2 Å². The number of ether oxygens (including phenoxy) is 4. The van der Waals surface area contributed by atoms with Crippen LogP contribution in [0.5, 0.6) is 17.2 Å². The molecule has 0 bridgehead atoms. The number of carboxylic acid groups (broad SMARTS) is 1. The first kappa shape index (κ1) is 32.6. The van der Waals surface area contributed by atoms with E-state index in [4.69, 9.17) is 30.5 Å². The van der Waals surface area contributed by atoms with E-state index in [9.17, 15) is 14.7 Å². The van der Waals surface area contributed by atoms with Crippen molar-refractivity contribution in [3.63, 3.8) is 0 Å². The molecule has 0 radical (unpaired) electrons. The van der Waals surface area contributed by atoms with Crippen LogP contribution in [-0.2, 0) is 32.6 Å². The van der Waals surface area contributed by atoms with Crippen molar-refractivity contribution < 1.29 is 33.6 Å². The number of nitrogens with zero attached hydrogens (tertiary/aromatic N) is 1. The average Bonchev–Trinajstić information content (AvgIpc) is 3.62. The van der Waals surface area contributed by atoms with Gasteiger partial charge in [-0.15, -0.1) is 0 Å². The highest BCUT2D eigenvalue weighted by molar-refractivity contribution is 6.30. The number of pyridine rings is 1. The summed E-state index contributed by atoms with van der Waals surface area (Å²) in [5, 5.41) is 13.6. The van der Waals surface area contributed by atoms with Gasteiger partial charge in [0.05, 0.1) is 13.7 Å². The van der Waals surface area contributed by atoms with Gasteiger partial charge in [0.1, 0.15) is 11.3 Å². The van der Waals surface area contributed by atoms with Gasteiger partial charge in [0.15, 0.2) is 11.5 Å². The Balaban J connectivity index is 1.16. The van der Waals surface area contributed by atoms with Gasteiger partial charge >= 0.3 is 18.2 Å². The van der Waals surface area contributed by atoms with Crippen LogP contribution >= 0.6 is 11.6 Å². The molecule has 0 saturated heterocycles. The second-order valence-corrected chi connectivity index (χ2v) is 14.7. The molecule has 9 nitrogen and oxygen atoms in total. The lowest BCUT2D eigenvalue weighted by Gasteiger charge is -2.47. The summed E-state index contributed by atoms with van der Waals surface area (Å²) in [4.78, 5) is 29.8. The van der Waals surface area contributed by atoms with Crippen LogP contribution in [0.3, 0.4) is 0 Å². The van der Waals surface area contributed by atoms with Gasteiger partial charge in [-0.05, 0) is 128 Å². The summed E-state index contributed by atoms with van der Waals surface area (Å²) in [7, 11) is 1.43. The summed E-state index contributed by atoms with van der Waals surface area (Å²) >= 11 is 6.30. The molecule has 3 aliphatic carbocycles. The highest BCUT2D eigenvalue weighted by Gasteiger charge is 2.55. The van der Waals surface area contributed by atoms with E-state index in [0.717, 1.165) is 73.2 Å². The van der Waals surface area contributed by atoms with Crippen molar-refractivity contribution in [1.29, 1.82) is 0 Å². The number of fused-ring (bicyclic) bond motifs is 4. The summed E-state index contributed by atoms with van der Waals surface area (Å²) in [6.07, 6.45) is 8.15. The minimum absolute atomic E-state index is 0.249. The predicted octanol–water partition coefficient (Wildman–Crippen LogP) is 7.47. The number of aryl methyl sites for hydroxylation is 1. The number of nitrogens with one attached hydrogen (secondary N) is 1. The van der Waals surface area contributed by atoms with Crippen molar-refractivity contribution >= 4 is 29.2 Å². The largest absolute Gasteiger partial charge is 0.493 e. The monoisotopic (exact) mass is 674 g/mol. The van der Waals surface area contributed by atoms with Gasteiger partial charge in [-0.25, -0.2) is 9.59 Å². The van der Waals surface area contributed by atoms with Crippen molar-refractivity contribution in [3.05, 3.63) is 76.1 Å². The molecule has 4 atom stereocenters.